The lowest BCUT2D eigenvalue weighted by molar-refractivity contribution is 0.0995. The Bertz CT molecular complexity index is 181. The molecule has 3 heteroatoms. The summed E-state index contributed by atoms with van der Waals surface area (Å²) in [7, 11) is 0. The van der Waals surface area contributed by atoms with E-state index in [0.29, 0.717) is 0 Å². The molecule has 0 amide bonds. The van der Waals surface area contributed by atoms with Crippen LogP contribution >= 0.6 is 11.6 Å². The fourth-order valence-corrected chi connectivity index (χ4v) is 2.63. The summed E-state index contributed by atoms with van der Waals surface area (Å²) in [5.41, 5.74) is 0. The third-order valence-corrected chi connectivity index (χ3v) is 4.14. The Labute approximate surface area is 106 Å². The van der Waals surface area contributed by atoms with Crippen molar-refractivity contribution in [1.29, 1.82) is 0 Å². The Kier molecular flexibility index (Phi) is 6.71. The number of halogens is 1. The number of nitrogens with one attached hydrogen (secondary N) is 1. The summed E-state index contributed by atoms with van der Waals surface area (Å²) >= 11 is 6.70. The molecular formula is C13H27ClN2. The van der Waals surface area contributed by atoms with Crippen LogP contribution in [0.25, 0.3) is 0 Å². The summed E-state index contributed by atoms with van der Waals surface area (Å²) in [5, 5.41) is 3.26. The maximum atomic E-state index is 6.70. The lowest BCUT2D eigenvalue weighted by atomic mass is 10.1. The van der Waals surface area contributed by atoms with Crippen LogP contribution in [0.15, 0.2) is 0 Å². The van der Waals surface area contributed by atoms with E-state index in [1.165, 1.54) is 38.5 Å². The second kappa shape index (κ2) is 7.52. The predicted molar refractivity (Wildman–Crippen MR) is 71.8 cm³/mol. The van der Waals surface area contributed by atoms with Gasteiger partial charge in [-0.2, -0.15) is 0 Å². The molecule has 0 aromatic heterocycles. The Balaban J connectivity index is 2.35. The van der Waals surface area contributed by atoms with Gasteiger partial charge in [0.1, 0.15) is 5.12 Å². The maximum Gasteiger partial charge on any atom is 0.148 e. The molecular weight excluding hydrogens is 220 g/mol. The van der Waals surface area contributed by atoms with E-state index < -0.39 is 0 Å². The Morgan fingerprint density at radius 2 is 1.81 bits per heavy atom. The van der Waals surface area contributed by atoms with Gasteiger partial charge >= 0.3 is 0 Å². The van der Waals surface area contributed by atoms with Gasteiger partial charge < -0.3 is 0 Å². The van der Waals surface area contributed by atoms with Gasteiger partial charge in [0.15, 0.2) is 0 Å². The third kappa shape index (κ3) is 4.23. The molecule has 1 rings (SSSR count). The number of hydrogen-bond donors (Lipinski definition) is 1. The zero-order valence-corrected chi connectivity index (χ0v) is 11.7. The van der Waals surface area contributed by atoms with Crippen molar-refractivity contribution in [2.45, 2.75) is 63.9 Å². The second-order valence-corrected chi connectivity index (χ2v) is 5.42. The Morgan fingerprint density at radius 3 is 2.38 bits per heavy atom. The zero-order chi connectivity index (χ0) is 11.9. The van der Waals surface area contributed by atoms with E-state index in [1.807, 2.05) is 0 Å². The van der Waals surface area contributed by atoms with E-state index in [-0.39, 0.29) is 5.12 Å². The summed E-state index contributed by atoms with van der Waals surface area (Å²) < 4.78 is 0. The van der Waals surface area contributed by atoms with E-state index in [1.54, 1.807) is 0 Å². The van der Waals surface area contributed by atoms with Crippen molar-refractivity contribution in [2.75, 3.05) is 19.6 Å². The second-order valence-electron chi connectivity index (χ2n) is 4.79. The molecule has 0 aromatic rings. The van der Waals surface area contributed by atoms with Gasteiger partial charge in [-0.05, 0) is 32.2 Å². The van der Waals surface area contributed by atoms with Gasteiger partial charge in [0.05, 0.1) is 0 Å². The first-order valence-corrected chi connectivity index (χ1v) is 7.29. The molecule has 1 fully saturated rings. The van der Waals surface area contributed by atoms with Gasteiger partial charge in [-0.15, -0.1) is 0 Å². The molecule has 2 nitrogen and oxygen atoms in total. The van der Waals surface area contributed by atoms with Crippen LogP contribution in [0.2, 0.25) is 0 Å². The number of rotatable bonds is 7. The number of nitrogens with zero attached hydrogens (tertiary/aromatic N) is 1. The number of piperidine rings is 1. The molecule has 1 aliphatic rings. The first kappa shape index (κ1) is 14.3. The highest BCUT2D eigenvalue weighted by Crippen LogP contribution is 2.25. The summed E-state index contributed by atoms with van der Waals surface area (Å²) in [4.78, 5) is 2.42. The van der Waals surface area contributed by atoms with Crippen LogP contribution in [-0.2, 0) is 0 Å². The van der Waals surface area contributed by atoms with Crippen LogP contribution in [0.3, 0.4) is 0 Å². The maximum absolute atomic E-state index is 6.70. The fraction of sp³-hybridized carbons (Fsp3) is 1.00. The first-order chi connectivity index (χ1) is 7.73. The quantitative estimate of drug-likeness (QED) is 0.420. The van der Waals surface area contributed by atoms with Crippen LogP contribution in [0.4, 0.5) is 0 Å². The topological polar surface area (TPSA) is 15.3 Å². The minimum absolute atomic E-state index is 0.284. The fourth-order valence-electron chi connectivity index (χ4n) is 2.36. The van der Waals surface area contributed by atoms with Crippen molar-refractivity contribution in [3.8, 4) is 0 Å². The van der Waals surface area contributed by atoms with Crippen molar-refractivity contribution < 1.29 is 0 Å². The van der Waals surface area contributed by atoms with Gasteiger partial charge in [-0.25, -0.2) is 0 Å². The molecule has 0 saturated carbocycles. The number of likely N-dealkylation sites (tertiary alicyclic amines) is 1. The largest absolute Gasteiger partial charge is 0.286 e. The molecule has 1 unspecified atom stereocenters. The average Bonchev–Trinajstić information content (AvgIpc) is 2.35. The molecule has 0 spiro atoms. The smallest absolute Gasteiger partial charge is 0.148 e. The molecule has 1 saturated heterocycles. The monoisotopic (exact) mass is 246 g/mol. The summed E-state index contributed by atoms with van der Waals surface area (Å²) in [5.74, 6) is 0. The van der Waals surface area contributed by atoms with Crippen molar-refractivity contribution in [2.24, 2.45) is 0 Å². The minimum Gasteiger partial charge on any atom is -0.286 e. The van der Waals surface area contributed by atoms with Crippen molar-refractivity contribution >= 4 is 11.6 Å². The predicted octanol–water partition coefficient (Wildman–Crippen LogP) is 3.55. The molecule has 1 atom stereocenters. The van der Waals surface area contributed by atoms with Gasteiger partial charge in [-0.1, -0.05) is 44.7 Å². The van der Waals surface area contributed by atoms with Crippen LogP contribution in [0, 0.1) is 0 Å². The van der Waals surface area contributed by atoms with Gasteiger partial charge in [0.2, 0.25) is 0 Å². The molecule has 0 aromatic carbocycles. The molecule has 1 N–H and O–H groups in total. The van der Waals surface area contributed by atoms with Crippen molar-refractivity contribution in [1.82, 2.24) is 10.2 Å². The number of alkyl halides is 1. The number of hydrogen-bond acceptors (Lipinski definition) is 2. The normalized spacial score (nSPS) is 21.9. The summed E-state index contributed by atoms with van der Waals surface area (Å²) in [6.45, 7) is 7.75. The van der Waals surface area contributed by atoms with Crippen molar-refractivity contribution in [3.63, 3.8) is 0 Å². The molecule has 0 aliphatic carbocycles. The van der Waals surface area contributed by atoms with Crippen LogP contribution in [-0.4, -0.2) is 29.7 Å². The van der Waals surface area contributed by atoms with E-state index in [9.17, 15) is 0 Å². The molecule has 0 bridgehead atoms. The van der Waals surface area contributed by atoms with Crippen LogP contribution < -0.4 is 5.32 Å². The van der Waals surface area contributed by atoms with E-state index >= 15 is 0 Å². The lowest BCUT2D eigenvalue weighted by Gasteiger charge is -2.41. The average molecular weight is 247 g/mol. The molecule has 1 aliphatic heterocycles. The Hall–Kier alpha value is 0.210. The first-order valence-electron chi connectivity index (χ1n) is 6.92. The highest BCUT2D eigenvalue weighted by molar-refractivity contribution is 6.23. The molecule has 1 heterocycles. The van der Waals surface area contributed by atoms with Gasteiger partial charge in [-0.3, -0.25) is 10.2 Å². The minimum atomic E-state index is -0.284. The van der Waals surface area contributed by atoms with Gasteiger partial charge in [0.25, 0.3) is 0 Å². The summed E-state index contributed by atoms with van der Waals surface area (Å²) in [6.07, 6.45) is 8.73. The highest BCUT2D eigenvalue weighted by atomic mass is 35.5. The molecule has 0 radical (unpaired) electrons. The van der Waals surface area contributed by atoms with Crippen molar-refractivity contribution in [3.05, 3.63) is 0 Å². The Morgan fingerprint density at radius 1 is 1.12 bits per heavy atom. The number of unbranched alkanes of at least 4 members (excludes halogenated alkanes) is 2. The zero-order valence-electron chi connectivity index (χ0n) is 10.9. The molecule has 16 heavy (non-hydrogen) atoms. The third-order valence-electron chi connectivity index (χ3n) is 3.50. The van der Waals surface area contributed by atoms with E-state index in [2.05, 4.69) is 24.1 Å². The van der Waals surface area contributed by atoms with Crippen LogP contribution in [0.5, 0.6) is 0 Å². The standard InChI is InChI=1S/C13H27ClN2/c1-3-5-7-10-15-13(14,4-2)16-11-8-6-9-12-16/h15H,3-12H2,1-2H3. The SMILES string of the molecule is CCCCCNC(Cl)(CC)N1CCCCC1. The van der Waals surface area contributed by atoms with Crippen LogP contribution in [0.1, 0.15) is 58.8 Å². The highest BCUT2D eigenvalue weighted by Gasteiger charge is 2.32. The lowest BCUT2D eigenvalue weighted by Crippen LogP contribution is -2.56. The van der Waals surface area contributed by atoms with E-state index in [4.69, 9.17) is 11.6 Å². The van der Waals surface area contributed by atoms with Gasteiger partial charge in [0, 0.05) is 13.1 Å². The van der Waals surface area contributed by atoms with E-state index in [0.717, 1.165) is 26.1 Å². The summed E-state index contributed by atoms with van der Waals surface area (Å²) in [6, 6.07) is 0. The molecule has 96 valence electrons.